The van der Waals surface area contributed by atoms with E-state index in [-0.39, 0.29) is 56.3 Å². The number of piperazine rings is 1. The fourth-order valence-electron chi connectivity index (χ4n) is 13.2. The fraction of sp³-hybridized carbons (Fsp3) is 0.527. The van der Waals surface area contributed by atoms with E-state index in [1.807, 2.05) is 48.5 Å². The molecule has 0 radical (unpaired) electrons. The lowest BCUT2D eigenvalue weighted by Gasteiger charge is -2.35. The lowest BCUT2D eigenvalue weighted by Crippen LogP contribution is -2.59. The number of carboxylic acid groups (broad SMARTS) is 1. The summed E-state index contributed by atoms with van der Waals surface area (Å²) < 4.78 is 36.9. The standard InChI is InChI=1S/C74H92F2N12O7S3/c1-48-55-24-20-36-87(66(55)84-83-65(48)82-71-79-57-25-16-17-26-60(57)97-71)72-80-62(69(92)93)61(98-72)27-21-41-95-59-31-28-50(42-56(59)75)22-19-35-86-39-37-85(38-40-86)34-18-14-12-10-8-6-7-9-11-13-15-23-51-43-52(63-49(2)78-47-96-63)29-30-53(51)45-77-67(90)58-44-54(89)46-88(58)68(91)64(73(3,4)5)81-70(94)74(76)32-33-74/h16-17,25-26,28-31,42-43,47,54,58,64,89H,6-15,18,20-21,23-24,27,32-41,44-46H2,1-5H3,(H,77,90)(H,81,94)(H,92,93)(H,79,82,83)/t54-,58+,64-/m1/s1. The van der Waals surface area contributed by atoms with Crippen LogP contribution in [0.25, 0.3) is 20.7 Å². The van der Waals surface area contributed by atoms with Crippen LogP contribution in [0.2, 0.25) is 0 Å². The van der Waals surface area contributed by atoms with Gasteiger partial charge in [0, 0.05) is 73.8 Å². The van der Waals surface area contributed by atoms with Gasteiger partial charge in [0.2, 0.25) is 11.8 Å². The zero-order chi connectivity index (χ0) is 68.9. The highest BCUT2D eigenvalue weighted by Gasteiger charge is 2.53. The Morgan fingerprint density at radius 2 is 1.57 bits per heavy atom. The number of aryl methyl sites for hydroxylation is 3. The molecule has 7 aromatic rings. The summed E-state index contributed by atoms with van der Waals surface area (Å²) in [5.74, 6) is 4.55. The number of aliphatic hydroxyl groups is 1. The zero-order valence-electron chi connectivity index (χ0n) is 57.0. The summed E-state index contributed by atoms with van der Waals surface area (Å²) in [5.41, 5.74) is 6.88. The number of rotatable bonds is 31. The molecule has 3 atom stereocenters. The Morgan fingerprint density at radius 1 is 0.837 bits per heavy atom. The topological polar surface area (TPSA) is 231 Å². The SMILES string of the molecule is Cc1ncsc1-c1ccc(CNC(=O)[C@@H]2C[C@@H](O)CN2C(=O)[C@@H](NC(=O)C2(F)CC2)C(C)(C)C)c(CCCCCCCCCCCCCN2CCN(CC#Cc3ccc(OCCCc4sc(N5CCCc6c5nnc(Nc5nc7ccccc7s5)c6C)nc4C(=O)O)c(F)c3)CC2)c1. The van der Waals surface area contributed by atoms with Gasteiger partial charge >= 0.3 is 5.97 Å². The normalized spacial score (nSPS) is 17.3. The van der Waals surface area contributed by atoms with Crippen molar-refractivity contribution in [3.05, 3.63) is 116 Å². The van der Waals surface area contributed by atoms with E-state index in [0.717, 1.165) is 119 Å². The van der Waals surface area contributed by atoms with Crippen LogP contribution in [-0.2, 0) is 40.2 Å². The van der Waals surface area contributed by atoms with E-state index in [4.69, 9.17) is 9.72 Å². The second-order valence-corrected chi connectivity index (χ2v) is 30.6. The molecule has 3 fully saturated rings. The van der Waals surface area contributed by atoms with Crippen LogP contribution >= 0.6 is 34.0 Å². The van der Waals surface area contributed by atoms with Crippen LogP contribution in [0.15, 0.2) is 66.2 Å². The number of thiazole rings is 3. The van der Waals surface area contributed by atoms with Crippen LogP contribution in [0.3, 0.4) is 0 Å². The van der Waals surface area contributed by atoms with Gasteiger partial charge in [0.15, 0.2) is 44.8 Å². The summed E-state index contributed by atoms with van der Waals surface area (Å²) >= 11 is 4.49. The number of aromatic carboxylic acids is 1. The summed E-state index contributed by atoms with van der Waals surface area (Å²) in [6.07, 6.45) is 16.0. The molecule has 11 rings (SSSR count). The number of anilines is 4. The number of ether oxygens (including phenoxy) is 1. The van der Waals surface area contributed by atoms with Gasteiger partial charge in [0.1, 0.15) is 12.1 Å². The molecule has 3 aliphatic heterocycles. The largest absolute Gasteiger partial charge is 0.491 e. The Morgan fingerprint density at radius 3 is 2.28 bits per heavy atom. The van der Waals surface area contributed by atoms with Crippen LogP contribution in [-0.4, -0.2) is 157 Å². The average molecular weight is 1400 g/mol. The molecule has 3 aromatic carbocycles. The fourth-order valence-corrected chi connectivity index (χ4v) is 16.0. The second kappa shape index (κ2) is 33.1. The molecule has 98 heavy (non-hydrogen) atoms. The number of alkyl halides is 1. The van der Waals surface area contributed by atoms with E-state index in [9.17, 15) is 33.8 Å². The molecule has 522 valence electrons. The van der Waals surface area contributed by atoms with Gasteiger partial charge in [0.25, 0.3) is 5.91 Å². The van der Waals surface area contributed by atoms with Crippen molar-refractivity contribution >= 4 is 89.8 Å². The van der Waals surface area contributed by atoms with Crippen molar-refractivity contribution in [3.8, 4) is 28.0 Å². The Balaban J connectivity index is 0.536. The molecule has 5 N–H and O–H groups in total. The van der Waals surface area contributed by atoms with Gasteiger partial charge < -0.3 is 45.6 Å². The van der Waals surface area contributed by atoms with Crippen LogP contribution in [0.4, 0.5) is 30.7 Å². The molecule has 1 aliphatic carbocycles. The molecule has 4 aromatic heterocycles. The van der Waals surface area contributed by atoms with E-state index in [2.05, 4.69) is 76.0 Å². The Kier molecular flexibility index (Phi) is 24.2. The number of halogens is 2. The van der Waals surface area contributed by atoms with Gasteiger partial charge in [-0.3, -0.25) is 19.3 Å². The van der Waals surface area contributed by atoms with Gasteiger partial charge in [-0.1, -0.05) is 126 Å². The van der Waals surface area contributed by atoms with Crippen molar-refractivity contribution in [2.45, 2.75) is 187 Å². The molecule has 0 spiro atoms. The van der Waals surface area contributed by atoms with Crippen molar-refractivity contribution < 1.29 is 42.9 Å². The van der Waals surface area contributed by atoms with Crippen LogP contribution in [0.1, 0.15) is 172 Å². The van der Waals surface area contributed by atoms with Crippen LogP contribution in [0.5, 0.6) is 5.75 Å². The third-order valence-corrected chi connectivity index (χ3v) is 22.3. The van der Waals surface area contributed by atoms with Gasteiger partial charge in [-0.25, -0.2) is 28.5 Å². The maximum atomic E-state index is 15.3. The molecular formula is C74H92F2N12O7S3. The monoisotopic (exact) mass is 1390 g/mol. The number of carbonyl (C=O) groups excluding carboxylic acids is 3. The first-order valence-electron chi connectivity index (χ1n) is 34.9. The molecule has 0 bridgehead atoms. The number of likely N-dealkylation sites (tertiary alicyclic amines) is 1. The maximum absolute atomic E-state index is 15.3. The molecule has 0 unspecified atom stereocenters. The van der Waals surface area contributed by atoms with E-state index in [0.29, 0.717) is 53.1 Å². The number of nitrogens with one attached hydrogen (secondary N) is 3. The summed E-state index contributed by atoms with van der Waals surface area (Å²) in [7, 11) is 0. The first kappa shape index (κ1) is 71.7. The number of carboxylic acids is 1. The van der Waals surface area contributed by atoms with Gasteiger partial charge in [-0.2, -0.15) is 0 Å². The number of aliphatic hydroxyl groups excluding tert-OH is 1. The molecule has 24 heteroatoms. The predicted octanol–water partition coefficient (Wildman–Crippen LogP) is 13.1. The number of amides is 3. The van der Waals surface area contributed by atoms with Gasteiger partial charge in [0.05, 0.1) is 45.6 Å². The van der Waals surface area contributed by atoms with E-state index in [1.165, 1.54) is 80.1 Å². The molecule has 3 amide bonds. The molecule has 19 nitrogen and oxygen atoms in total. The van der Waals surface area contributed by atoms with Crippen molar-refractivity contribution in [2.75, 3.05) is 69.2 Å². The first-order valence-corrected chi connectivity index (χ1v) is 37.4. The second-order valence-electron chi connectivity index (χ2n) is 27.7. The molecule has 1 saturated carbocycles. The number of carbonyl (C=O) groups is 4. The van der Waals surface area contributed by atoms with E-state index >= 15 is 4.39 Å². The smallest absolute Gasteiger partial charge is 0.355 e. The lowest BCUT2D eigenvalue weighted by molar-refractivity contribution is -0.145. The third-order valence-electron chi connectivity index (χ3n) is 19.2. The predicted molar refractivity (Wildman–Crippen MR) is 383 cm³/mol. The minimum absolute atomic E-state index is 0.000640. The number of hydrogen-bond donors (Lipinski definition) is 5. The van der Waals surface area contributed by atoms with Crippen molar-refractivity contribution in [3.63, 3.8) is 0 Å². The quantitative estimate of drug-likeness (QED) is 0.0201. The molecule has 2 saturated heterocycles. The van der Waals surface area contributed by atoms with Gasteiger partial charge in [-0.15, -0.1) is 32.9 Å². The third kappa shape index (κ3) is 18.5. The van der Waals surface area contributed by atoms with Crippen LogP contribution in [0, 0.1) is 36.9 Å². The van der Waals surface area contributed by atoms with E-state index in [1.54, 1.807) is 55.6 Å². The number of nitrogens with zero attached hydrogens (tertiary/aromatic N) is 9. The zero-order valence-corrected chi connectivity index (χ0v) is 59.5. The molecule has 7 heterocycles. The minimum Gasteiger partial charge on any atom is -0.491 e. The summed E-state index contributed by atoms with van der Waals surface area (Å²) in [4.78, 5) is 76.7. The van der Waals surface area contributed by atoms with E-state index < -0.39 is 52.9 Å². The number of fused-ring (bicyclic) bond motifs is 2. The summed E-state index contributed by atoms with van der Waals surface area (Å²) in [6.45, 7) is 16.1. The number of unbranched alkanes of at least 4 members (excludes halogenated alkanes) is 10. The minimum atomic E-state index is -1.96. The summed E-state index contributed by atoms with van der Waals surface area (Å²) in [5, 5.41) is 40.3. The number of para-hydroxylation sites is 1. The van der Waals surface area contributed by atoms with Crippen molar-refractivity contribution in [2.24, 2.45) is 5.41 Å². The highest BCUT2D eigenvalue weighted by atomic mass is 32.1. The Labute approximate surface area is 585 Å². The highest BCUT2D eigenvalue weighted by molar-refractivity contribution is 7.22. The maximum Gasteiger partial charge on any atom is 0.355 e. The Hall–Kier alpha value is -7.53. The summed E-state index contributed by atoms with van der Waals surface area (Å²) in [6, 6.07) is 17.1. The number of β-amino-alcohol motifs (C(OH)–C–C–N with tert-alkyl or cyclic N) is 1. The highest BCUT2D eigenvalue weighted by Crippen LogP contribution is 2.42. The van der Waals surface area contributed by atoms with Crippen molar-refractivity contribution in [1.29, 1.82) is 0 Å². The number of hydrogen-bond acceptors (Lipinski definition) is 18. The number of benzene rings is 3. The molecule has 4 aliphatic rings. The van der Waals surface area contributed by atoms with Crippen molar-refractivity contribution in [1.82, 2.24) is 50.5 Å². The Bertz CT molecular complexity index is 3970. The first-order chi connectivity index (χ1) is 47.3. The molecular weight excluding hydrogens is 1300 g/mol. The van der Waals surface area contributed by atoms with Crippen LogP contribution < -0.4 is 25.6 Å². The van der Waals surface area contributed by atoms with Gasteiger partial charge in [-0.05, 0) is 137 Å². The number of aromatic nitrogens is 5. The average Bonchev–Trinajstić information content (AvgIpc) is 1.36. The lowest BCUT2D eigenvalue weighted by atomic mass is 9.85.